The van der Waals surface area contributed by atoms with E-state index < -0.39 is 0 Å². The maximum absolute atomic E-state index is 6.14. The van der Waals surface area contributed by atoms with E-state index in [1.165, 1.54) is 25.7 Å². The molecule has 1 aromatic rings. The molecule has 2 fully saturated rings. The van der Waals surface area contributed by atoms with E-state index in [1.807, 2.05) is 12.1 Å². The molecule has 2 aliphatic rings. The van der Waals surface area contributed by atoms with Crippen molar-refractivity contribution in [3.63, 3.8) is 0 Å². The molecular formula is C15H21ClN2O. The number of rotatable bonds is 4. The van der Waals surface area contributed by atoms with E-state index in [2.05, 4.69) is 17.2 Å². The van der Waals surface area contributed by atoms with Crippen molar-refractivity contribution in [2.24, 2.45) is 5.41 Å². The van der Waals surface area contributed by atoms with Crippen molar-refractivity contribution in [3.8, 4) is 0 Å². The van der Waals surface area contributed by atoms with E-state index in [9.17, 15) is 0 Å². The van der Waals surface area contributed by atoms with Gasteiger partial charge in [-0.25, -0.2) is 4.98 Å². The molecule has 3 rings (SSSR count). The Balaban J connectivity index is 1.74. The molecule has 0 bridgehead atoms. The lowest BCUT2D eigenvalue weighted by Gasteiger charge is -2.54. The van der Waals surface area contributed by atoms with Crippen LogP contribution in [0.1, 0.15) is 39.0 Å². The minimum absolute atomic E-state index is 0.329. The van der Waals surface area contributed by atoms with Crippen molar-refractivity contribution in [1.29, 1.82) is 0 Å². The summed E-state index contributed by atoms with van der Waals surface area (Å²) in [7, 11) is 0. The summed E-state index contributed by atoms with van der Waals surface area (Å²) in [6.45, 7) is 2.90. The van der Waals surface area contributed by atoms with Crippen molar-refractivity contribution >= 4 is 17.3 Å². The van der Waals surface area contributed by atoms with E-state index in [0.29, 0.717) is 22.7 Å². The van der Waals surface area contributed by atoms with Crippen LogP contribution < -0.4 is 5.32 Å². The second-order valence-corrected chi connectivity index (χ2v) is 6.02. The summed E-state index contributed by atoms with van der Waals surface area (Å²) < 4.78 is 5.93. The van der Waals surface area contributed by atoms with Crippen LogP contribution in [0, 0.1) is 5.41 Å². The van der Waals surface area contributed by atoms with Crippen LogP contribution in [0.4, 0.5) is 5.69 Å². The van der Waals surface area contributed by atoms with Crippen molar-refractivity contribution in [2.75, 3.05) is 11.9 Å². The predicted molar refractivity (Wildman–Crippen MR) is 77.6 cm³/mol. The summed E-state index contributed by atoms with van der Waals surface area (Å²) in [6.07, 6.45) is 8.42. The maximum atomic E-state index is 6.14. The fraction of sp³-hybridized carbons (Fsp3) is 0.667. The average molecular weight is 281 g/mol. The summed E-state index contributed by atoms with van der Waals surface area (Å²) >= 11 is 6.14. The molecule has 1 heterocycles. The highest BCUT2D eigenvalue weighted by Gasteiger charge is 2.56. The maximum Gasteiger partial charge on any atom is 0.152 e. The molecule has 1 spiro atoms. The van der Waals surface area contributed by atoms with Gasteiger partial charge in [0.05, 0.1) is 11.8 Å². The smallest absolute Gasteiger partial charge is 0.152 e. The average Bonchev–Trinajstić information content (AvgIpc) is 2.92. The summed E-state index contributed by atoms with van der Waals surface area (Å²) in [5, 5.41) is 4.16. The largest absolute Gasteiger partial charge is 0.379 e. The number of ether oxygens (including phenoxy) is 1. The Morgan fingerprint density at radius 3 is 2.95 bits per heavy atom. The zero-order valence-corrected chi connectivity index (χ0v) is 12.1. The van der Waals surface area contributed by atoms with Gasteiger partial charge in [-0.3, -0.25) is 0 Å². The van der Waals surface area contributed by atoms with Crippen LogP contribution in [0.15, 0.2) is 18.3 Å². The number of nitrogens with zero attached hydrogens (tertiary/aromatic N) is 1. The van der Waals surface area contributed by atoms with E-state index in [4.69, 9.17) is 16.3 Å². The highest BCUT2D eigenvalue weighted by atomic mass is 35.5. The van der Waals surface area contributed by atoms with E-state index >= 15 is 0 Å². The van der Waals surface area contributed by atoms with Gasteiger partial charge in [-0.15, -0.1) is 0 Å². The summed E-state index contributed by atoms with van der Waals surface area (Å²) in [6, 6.07) is 4.41. The first-order valence-electron chi connectivity index (χ1n) is 7.25. The minimum Gasteiger partial charge on any atom is -0.379 e. The molecule has 0 saturated heterocycles. The van der Waals surface area contributed by atoms with Crippen LogP contribution in [0.3, 0.4) is 0 Å². The molecule has 1 aromatic heterocycles. The third-order valence-electron chi connectivity index (χ3n) is 4.78. The van der Waals surface area contributed by atoms with Crippen molar-refractivity contribution < 1.29 is 4.74 Å². The molecule has 104 valence electrons. The molecule has 0 amide bonds. The third kappa shape index (κ3) is 2.23. The van der Waals surface area contributed by atoms with Gasteiger partial charge in [0.2, 0.25) is 0 Å². The van der Waals surface area contributed by atoms with E-state index in [0.717, 1.165) is 18.7 Å². The molecule has 3 nitrogen and oxygen atoms in total. The quantitative estimate of drug-likeness (QED) is 0.850. The van der Waals surface area contributed by atoms with Gasteiger partial charge < -0.3 is 10.1 Å². The first-order valence-corrected chi connectivity index (χ1v) is 7.63. The van der Waals surface area contributed by atoms with Crippen LogP contribution >= 0.6 is 11.6 Å². The van der Waals surface area contributed by atoms with Gasteiger partial charge in [-0.05, 0) is 38.3 Å². The van der Waals surface area contributed by atoms with E-state index in [-0.39, 0.29) is 0 Å². The van der Waals surface area contributed by atoms with Gasteiger partial charge in [-0.2, -0.15) is 0 Å². The highest BCUT2D eigenvalue weighted by Crippen LogP contribution is 2.55. The predicted octanol–water partition coefficient (Wildman–Crippen LogP) is 3.88. The first-order chi connectivity index (χ1) is 9.26. The second-order valence-electron chi connectivity index (χ2n) is 5.66. The lowest BCUT2D eigenvalue weighted by Crippen LogP contribution is -2.60. The van der Waals surface area contributed by atoms with Crippen molar-refractivity contribution in [3.05, 3.63) is 23.5 Å². The zero-order chi connectivity index (χ0) is 13.3. The lowest BCUT2D eigenvalue weighted by molar-refractivity contribution is -0.114. The molecule has 1 N–H and O–H groups in total. The fourth-order valence-corrected chi connectivity index (χ4v) is 3.94. The summed E-state index contributed by atoms with van der Waals surface area (Å²) in [4.78, 5) is 4.13. The molecule has 4 heteroatoms. The number of pyridine rings is 1. The van der Waals surface area contributed by atoms with Gasteiger partial charge in [0.25, 0.3) is 0 Å². The van der Waals surface area contributed by atoms with Gasteiger partial charge in [0.15, 0.2) is 5.15 Å². The lowest BCUT2D eigenvalue weighted by atomic mass is 9.60. The van der Waals surface area contributed by atoms with E-state index in [1.54, 1.807) is 6.20 Å². The zero-order valence-electron chi connectivity index (χ0n) is 11.4. The van der Waals surface area contributed by atoms with Gasteiger partial charge in [0.1, 0.15) is 0 Å². The number of halogens is 1. The molecular weight excluding hydrogens is 260 g/mol. The monoisotopic (exact) mass is 280 g/mol. The Labute approximate surface area is 119 Å². The number of hydrogen-bond acceptors (Lipinski definition) is 3. The van der Waals surface area contributed by atoms with Crippen LogP contribution in [0.25, 0.3) is 0 Å². The normalized spacial score (nSPS) is 28.3. The number of hydrogen-bond donors (Lipinski definition) is 1. The molecule has 2 atom stereocenters. The number of anilines is 1. The molecule has 0 aliphatic heterocycles. The molecule has 2 unspecified atom stereocenters. The Bertz CT molecular complexity index is 446. The highest BCUT2D eigenvalue weighted by molar-refractivity contribution is 6.31. The van der Waals surface area contributed by atoms with Crippen molar-refractivity contribution in [1.82, 2.24) is 4.98 Å². The van der Waals surface area contributed by atoms with Crippen LogP contribution in [0.5, 0.6) is 0 Å². The van der Waals surface area contributed by atoms with Gasteiger partial charge >= 0.3 is 0 Å². The molecule has 19 heavy (non-hydrogen) atoms. The fourth-order valence-electron chi connectivity index (χ4n) is 3.77. The van der Waals surface area contributed by atoms with Gasteiger partial charge in [0, 0.05) is 24.3 Å². The Hall–Kier alpha value is -0.800. The topological polar surface area (TPSA) is 34.1 Å². The van der Waals surface area contributed by atoms with Crippen LogP contribution in [0.2, 0.25) is 5.15 Å². The van der Waals surface area contributed by atoms with Crippen LogP contribution in [-0.2, 0) is 4.74 Å². The molecule has 2 aliphatic carbocycles. The standard InChI is InChI=1S/C15H21ClN2O/c1-2-19-13-10-12(15(13)7-3-4-8-15)18-11-6-5-9-17-14(11)16/h5-6,9,12-13,18H,2-4,7-8,10H2,1H3. The Morgan fingerprint density at radius 2 is 2.26 bits per heavy atom. The molecule has 0 aromatic carbocycles. The molecule has 0 radical (unpaired) electrons. The molecule has 2 saturated carbocycles. The first kappa shape index (κ1) is 13.2. The summed E-state index contributed by atoms with van der Waals surface area (Å²) in [5.41, 5.74) is 1.28. The van der Waals surface area contributed by atoms with Gasteiger partial charge in [-0.1, -0.05) is 24.4 Å². The second kappa shape index (κ2) is 5.29. The summed E-state index contributed by atoms with van der Waals surface area (Å²) in [5.74, 6) is 0. The Kier molecular flexibility index (Phi) is 3.68. The third-order valence-corrected chi connectivity index (χ3v) is 5.08. The SMILES string of the molecule is CCOC1CC(Nc2cccnc2Cl)C12CCCC2. The number of nitrogens with one attached hydrogen (secondary N) is 1. The Morgan fingerprint density at radius 1 is 1.47 bits per heavy atom. The van der Waals surface area contributed by atoms with Crippen LogP contribution in [-0.4, -0.2) is 23.7 Å². The minimum atomic E-state index is 0.329. The number of aromatic nitrogens is 1. The van der Waals surface area contributed by atoms with Crippen molar-refractivity contribution in [2.45, 2.75) is 51.2 Å².